The number of fused-ring (bicyclic) bond motifs is 1. The lowest BCUT2D eigenvalue weighted by molar-refractivity contribution is 1.22. The van der Waals surface area contributed by atoms with Gasteiger partial charge in [0.15, 0.2) is 0 Å². The Balaban J connectivity index is 1.56. The Morgan fingerprint density at radius 3 is 1.42 bits per heavy atom. The van der Waals surface area contributed by atoms with Gasteiger partial charge in [-0.1, -0.05) is 152 Å². The molecule has 6 aromatic carbocycles. The summed E-state index contributed by atoms with van der Waals surface area (Å²) in [5.74, 6) is 0. The fraction of sp³-hybridized carbons (Fsp3) is 0. The van der Waals surface area contributed by atoms with Crippen molar-refractivity contribution in [2.75, 3.05) is 0 Å². The standard InChI is InChI=1S/C41H30N2/c42-40(33-24-14-5-15-25-33)39(32-22-12-4-13-23-32)41-37-28-36(30-18-8-2-9-19-30)35(29-16-6-1-7-17-29)26-34(37)27-38(43-41)31-20-10-3-11-21-31/h1-28,42-43H/b41-39-,42-40?. The van der Waals surface area contributed by atoms with Gasteiger partial charge in [0, 0.05) is 22.4 Å². The Hall–Kier alpha value is -5.73. The molecule has 0 radical (unpaired) electrons. The molecule has 0 atom stereocenters. The maximum atomic E-state index is 9.55. The van der Waals surface area contributed by atoms with E-state index in [0.29, 0.717) is 5.71 Å². The highest BCUT2D eigenvalue weighted by Gasteiger charge is 2.25. The lowest BCUT2D eigenvalue weighted by Gasteiger charge is -2.28. The molecule has 1 aliphatic heterocycles. The van der Waals surface area contributed by atoms with Gasteiger partial charge in [-0.2, -0.15) is 0 Å². The van der Waals surface area contributed by atoms with Crippen LogP contribution in [0.3, 0.4) is 0 Å². The number of allylic oxidation sites excluding steroid dienone is 1. The van der Waals surface area contributed by atoms with Crippen LogP contribution in [0.5, 0.6) is 0 Å². The van der Waals surface area contributed by atoms with Crippen LogP contribution in [0, 0.1) is 5.41 Å². The average molecular weight is 551 g/mol. The molecule has 204 valence electrons. The van der Waals surface area contributed by atoms with E-state index in [1.54, 1.807) is 0 Å². The molecule has 0 aromatic heterocycles. The molecule has 2 N–H and O–H groups in total. The molecular formula is C41H30N2. The fourth-order valence-corrected chi connectivity index (χ4v) is 5.80. The summed E-state index contributed by atoms with van der Waals surface area (Å²) in [6, 6.07) is 56.5. The summed E-state index contributed by atoms with van der Waals surface area (Å²) < 4.78 is 0. The normalized spacial score (nSPS) is 13.3. The highest BCUT2D eigenvalue weighted by atomic mass is 14.9. The van der Waals surface area contributed by atoms with Crippen LogP contribution in [0.25, 0.3) is 45.3 Å². The molecule has 7 rings (SSSR count). The Morgan fingerprint density at radius 1 is 0.442 bits per heavy atom. The lowest BCUT2D eigenvalue weighted by Crippen LogP contribution is -2.20. The first kappa shape index (κ1) is 26.2. The minimum atomic E-state index is 0.475. The SMILES string of the molecule is N=C(/C(=C1\NC(c2ccccc2)=Cc2cc(-c3ccccc3)c(-c3ccccc3)cc21)c1ccccc1)c1ccccc1. The molecule has 0 fully saturated rings. The van der Waals surface area contributed by atoms with E-state index in [0.717, 1.165) is 55.9 Å². The lowest BCUT2D eigenvalue weighted by atomic mass is 9.84. The van der Waals surface area contributed by atoms with Gasteiger partial charge in [-0.15, -0.1) is 0 Å². The van der Waals surface area contributed by atoms with Crippen molar-refractivity contribution >= 4 is 28.8 Å². The molecule has 0 saturated carbocycles. The van der Waals surface area contributed by atoms with Gasteiger partial charge in [-0.3, -0.25) is 5.41 Å². The maximum Gasteiger partial charge on any atom is 0.0711 e. The van der Waals surface area contributed by atoms with Gasteiger partial charge in [0.2, 0.25) is 0 Å². The molecule has 2 nitrogen and oxygen atoms in total. The van der Waals surface area contributed by atoms with Crippen LogP contribution in [0.15, 0.2) is 164 Å². The smallest absolute Gasteiger partial charge is 0.0711 e. The molecule has 0 amide bonds. The summed E-state index contributed by atoms with van der Waals surface area (Å²) >= 11 is 0. The molecule has 43 heavy (non-hydrogen) atoms. The van der Waals surface area contributed by atoms with E-state index in [4.69, 9.17) is 0 Å². The third-order valence-electron chi connectivity index (χ3n) is 7.90. The van der Waals surface area contributed by atoms with Crippen molar-refractivity contribution in [1.29, 1.82) is 5.41 Å². The van der Waals surface area contributed by atoms with Gasteiger partial charge in [-0.05, 0) is 57.2 Å². The van der Waals surface area contributed by atoms with E-state index < -0.39 is 0 Å². The van der Waals surface area contributed by atoms with Crippen molar-refractivity contribution in [2.45, 2.75) is 0 Å². The van der Waals surface area contributed by atoms with Crippen molar-refractivity contribution in [3.05, 3.63) is 192 Å². The fourth-order valence-electron chi connectivity index (χ4n) is 5.80. The highest BCUT2D eigenvalue weighted by Crippen LogP contribution is 2.42. The highest BCUT2D eigenvalue weighted by molar-refractivity contribution is 6.36. The van der Waals surface area contributed by atoms with Gasteiger partial charge in [0.25, 0.3) is 0 Å². The van der Waals surface area contributed by atoms with Crippen molar-refractivity contribution in [1.82, 2.24) is 5.32 Å². The van der Waals surface area contributed by atoms with E-state index in [1.165, 1.54) is 11.1 Å². The molecule has 0 saturated heterocycles. The van der Waals surface area contributed by atoms with Crippen molar-refractivity contribution < 1.29 is 0 Å². The molecule has 2 heteroatoms. The number of hydrogen-bond acceptors (Lipinski definition) is 2. The summed E-state index contributed by atoms with van der Waals surface area (Å²) in [6.07, 6.45) is 2.24. The number of nitrogens with one attached hydrogen (secondary N) is 2. The molecule has 0 aliphatic carbocycles. The summed E-state index contributed by atoms with van der Waals surface area (Å²) in [5, 5.41) is 13.4. The second kappa shape index (κ2) is 11.6. The molecular weight excluding hydrogens is 520 g/mol. The first-order valence-electron chi connectivity index (χ1n) is 14.5. The molecule has 0 unspecified atom stereocenters. The average Bonchev–Trinajstić information content (AvgIpc) is 3.09. The number of rotatable bonds is 6. The Labute approximate surface area is 252 Å². The zero-order chi connectivity index (χ0) is 29.0. The predicted molar refractivity (Wildman–Crippen MR) is 181 cm³/mol. The zero-order valence-electron chi connectivity index (χ0n) is 23.7. The first-order chi connectivity index (χ1) is 21.3. The Kier molecular flexibility index (Phi) is 7.09. The minimum Gasteiger partial charge on any atom is -0.354 e. The van der Waals surface area contributed by atoms with E-state index in [9.17, 15) is 5.41 Å². The van der Waals surface area contributed by atoms with Gasteiger partial charge in [0.1, 0.15) is 0 Å². The number of benzene rings is 6. The van der Waals surface area contributed by atoms with Crippen LogP contribution in [0.2, 0.25) is 0 Å². The van der Waals surface area contributed by atoms with Gasteiger partial charge < -0.3 is 5.32 Å². The second-order valence-electron chi connectivity index (χ2n) is 10.6. The van der Waals surface area contributed by atoms with Crippen LogP contribution >= 0.6 is 0 Å². The quantitative estimate of drug-likeness (QED) is 0.199. The molecule has 0 bridgehead atoms. The third kappa shape index (κ3) is 5.23. The van der Waals surface area contributed by atoms with Crippen LogP contribution in [0.1, 0.15) is 27.8 Å². The zero-order valence-corrected chi connectivity index (χ0v) is 23.7. The van der Waals surface area contributed by atoms with Crippen LogP contribution < -0.4 is 5.32 Å². The summed E-state index contributed by atoms with van der Waals surface area (Å²) in [7, 11) is 0. The van der Waals surface area contributed by atoms with Crippen molar-refractivity contribution in [3.8, 4) is 22.3 Å². The largest absolute Gasteiger partial charge is 0.354 e. The molecule has 1 heterocycles. The first-order valence-corrected chi connectivity index (χ1v) is 14.5. The minimum absolute atomic E-state index is 0.475. The van der Waals surface area contributed by atoms with Crippen LogP contribution in [-0.4, -0.2) is 5.71 Å². The Bertz CT molecular complexity index is 1960. The van der Waals surface area contributed by atoms with Gasteiger partial charge >= 0.3 is 0 Å². The molecule has 0 spiro atoms. The summed E-state index contributed by atoms with van der Waals surface area (Å²) in [6.45, 7) is 0. The number of hydrogen-bond donors (Lipinski definition) is 2. The van der Waals surface area contributed by atoms with E-state index in [1.807, 2.05) is 54.6 Å². The van der Waals surface area contributed by atoms with E-state index in [-0.39, 0.29) is 0 Å². The van der Waals surface area contributed by atoms with Crippen LogP contribution in [-0.2, 0) is 0 Å². The van der Waals surface area contributed by atoms with Crippen LogP contribution in [0.4, 0.5) is 0 Å². The van der Waals surface area contributed by atoms with E-state index >= 15 is 0 Å². The Morgan fingerprint density at radius 2 is 0.884 bits per heavy atom. The monoisotopic (exact) mass is 550 g/mol. The summed E-state index contributed by atoms with van der Waals surface area (Å²) in [4.78, 5) is 0. The maximum absolute atomic E-state index is 9.55. The topological polar surface area (TPSA) is 35.9 Å². The van der Waals surface area contributed by atoms with E-state index in [2.05, 4.69) is 121 Å². The molecule has 6 aromatic rings. The molecule has 1 aliphatic rings. The second-order valence-corrected chi connectivity index (χ2v) is 10.6. The van der Waals surface area contributed by atoms with Gasteiger partial charge in [0.05, 0.1) is 11.4 Å². The van der Waals surface area contributed by atoms with Crippen molar-refractivity contribution in [3.63, 3.8) is 0 Å². The predicted octanol–water partition coefficient (Wildman–Crippen LogP) is 10.1. The van der Waals surface area contributed by atoms with Crippen molar-refractivity contribution in [2.24, 2.45) is 0 Å². The summed E-state index contributed by atoms with van der Waals surface area (Å²) in [5.41, 5.74) is 13.1. The third-order valence-corrected chi connectivity index (χ3v) is 7.90. The van der Waals surface area contributed by atoms with Gasteiger partial charge in [-0.25, -0.2) is 0 Å².